The number of ether oxygens (including phenoxy) is 1. The van der Waals surface area contributed by atoms with Gasteiger partial charge >= 0.3 is 5.97 Å². The molecule has 0 saturated carbocycles. The lowest BCUT2D eigenvalue weighted by atomic mass is 9.92. The number of benzene rings is 1. The van der Waals surface area contributed by atoms with Crippen molar-refractivity contribution in [3.63, 3.8) is 0 Å². The molecule has 0 bridgehead atoms. The highest BCUT2D eigenvalue weighted by Gasteiger charge is 2.20. The molecular weight excluding hydrogens is 310 g/mol. The normalized spacial score (nSPS) is 11.0. The van der Waals surface area contributed by atoms with Gasteiger partial charge in [0.25, 0.3) is 5.91 Å². The first-order chi connectivity index (χ1) is 11.3. The van der Waals surface area contributed by atoms with E-state index < -0.39 is 18.5 Å². The number of nitrogens with one attached hydrogen (secondary N) is 2. The van der Waals surface area contributed by atoms with Gasteiger partial charge in [0.05, 0.1) is 11.3 Å². The summed E-state index contributed by atoms with van der Waals surface area (Å²) in [6, 6.07) is 8.54. The summed E-state index contributed by atoms with van der Waals surface area (Å²) in [7, 11) is 1.70. The SMILES string of the molecule is CNc1ccccc1C(=O)OCC(=O)Nc1cc(C(C)(C)C)no1. The van der Waals surface area contributed by atoms with Crippen LogP contribution >= 0.6 is 0 Å². The van der Waals surface area contributed by atoms with Crippen LogP contribution in [-0.4, -0.2) is 30.7 Å². The molecule has 7 heteroatoms. The van der Waals surface area contributed by atoms with E-state index in [1.165, 1.54) is 0 Å². The summed E-state index contributed by atoms with van der Waals surface area (Å²) in [6.45, 7) is 5.54. The third-order valence-corrected chi connectivity index (χ3v) is 3.29. The van der Waals surface area contributed by atoms with E-state index in [1.807, 2.05) is 20.8 Å². The topological polar surface area (TPSA) is 93.5 Å². The molecule has 1 aromatic carbocycles. The fraction of sp³-hybridized carbons (Fsp3) is 0.353. The minimum atomic E-state index is -0.581. The number of aromatic nitrogens is 1. The number of amides is 1. The molecule has 128 valence electrons. The molecule has 0 aliphatic heterocycles. The molecule has 0 saturated heterocycles. The van der Waals surface area contributed by atoms with Crippen LogP contribution in [0.4, 0.5) is 11.6 Å². The predicted octanol–water partition coefficient (Wildman–Crippen LogP) is 2.81. The summed E-state index contributed by atoms with van der Waals surface area (Å²) in [5, 5.41) is 9.31. The lowest BCUT2D eigenvalue weighted by Gasteiger charge is -2.12. The first kappa shape index (κ1) is 17.5. The average molecular weight is 331 g/mol. The van der Waals surface area contributed by atoms with Gasteiger partial charge in [-0.2, -0.15) is 0 Å². The number of nitrogens with zero attached hydrogens (tertiary/aromatic N) is 1. The molecule has 24 heavy (non-hydrogen) atoms. The lowest BCUT2D eigenvalue weighted by molar-refractivity contribution is -0.119. The van der Waals surface area contributed by atoms with Crippen LogP contribution in [0.25, 0.3) is 0 Å². The van der Waals surface area contributed by atoms with Gasteiger partial charge < -0.3 is 14.6 Å². The maximum Gasteiger partial charge on any atom is 0.340 e. The van der Waals surface area contributed by atoms with E-state index >= 15 is 0 Å². The van der Waals surface area contributed by atoms with Crippen molar-refractivity contribution < 1.29 is 18.8 Å². The standard InChI is InChI=1S/C17H21N3O4/c1-17(2,3)13-9-15(24-20-13)19-14(21)10-23-16(22)11-7-5-6-8-12(11)18-4/h5-9,18H,10H2,1-4H3,(H,19,21). The Morgan fingerprint density at radius 2 is 1.96 bits per heavy atom. The van der Waals surface area contributed by atoms with Gasteiger partial charge in [0.1, 0.15) is 0 Å². The fourth-order valence-corrected chi connectivity index (χ4v) is 1.95. The second-order valence-electron chi connectivity index (χ2n) is 6.25. The second-order valence-corrected chi connectivity index (χ2v) is 6.25. The van der Waals surface area contributed by atoms with E-state index in [0.717, 1.165) is 5.69 Å². The van der Waals surface area contributed by atoms with Crippen molar-refractivity contribution in [3.8, 4) is 0 Å². The Balaban J connectivity index is 1.91. The van der Waals surface area contributed by atoms with E-state index in [0.29, 0.717) is 11.3 Å². The van der Waals surface area contributed by atoms with Crippen LogP contribution < -0.4 is 10.6 Å². The number of anilines is 2. The predicted molar refractivity (Wildman–Crippen MR) is 90.1 cm³/mol. The number of carbonyl (C=O) groups is 2. The zero-order chi connectivity index (χ0) is 17.7. The minimum Gasteiger partial charge on any atom is -0.452 e. The molecule has 0 fully saturated rings. The van der Waals surface area contributed by atoms with Crippen molar-refractivity contribution in [1.82, 2.24) is 5.16 Å². The molecule has 2 N–H and O–H groups in total. The summed E-state index contributed by atoms with van der Waals surface area (Å²) in [5.41, 5.74) is 1.53. The Hall–Kier alpha value is -2.83. The van der Waals surface area contributed by atoms with Crippen molar-refractivity contribution in [2.75, 3.05) is 24.3 Å². The smallest absolute Gasteiger partial charge is 0.340 e. The third-order valence-electron chi connectivity index (χ3n) is 3.29. The zero-order valence-corrected chi connectivity index (χ0v) is 14.2. The summed E-state index contributed by atoms with van der Waals surface area (Å²) >= 11 is 0. The highest BCUT2D eigenvalue weighted by Crippen LogP contribution is 2.23. The fourth-order valence-electron chi connectivity index (χ4n) is 1.95. The Morgan fingerprint density at radius 1 is 1.25 bits per heavy atom. The van der Waals surface area contributed by atoms with Crippen LogP contribution in [0, 0.1) is 0 Å². The molecule has 0 radical (unpaired) electrons. The van der Waals surface area contributed by atoms with Gasteiger partial charge in [-0.3, -0.25) is 10.1 Å². The molecule has 2 aromatic rings. The Kier molecular flexibility index (Phi) is 5.23. The number of para-hydroxylation sites is 1. The highest BCUT2D eigenvalue weighted by molar-refractivity contribution is 5.98. The van der Waals surface area contributed by atoms with Gasteiger partial charge in [-0.1, -0.05) is 38.1 Å². The van der Waals surface area contributed by atoms with Crippen molar-refractivity contribution in [2.24, 2.45) is 0 Å². The monoisotopic (exact) mass is 331 g/mol. The first-order valence-electron chi connectivity index (χ1n) is 7.52. The van der Waals surface area contributed by atoms with Crippen molar-refractivity contribution in [1.29, 1.82) is 0 Å². The Bertz CT molecular complexity index is 731. The maximum absolute atomic E-state index is 12.0. The van der Waals surface area contributed by atoms with Gasteiger partial charge in [0.15, 0.2) is 6.61 Å². The second kappa shape index (κ2) is 7.16. The summed E-state index contributed by atoms with van der Waals surface area (Å²) in [4.78, 5) is 23.9. The summed E-state index contributed by atoms with van der Waals surface area (Å²) in [6.07, 6.45) is 0. The van der Waals surface area contributed by atoms with Crippen LogP contribution in [0.2, 0.25) is 0 Å². The van der Waals surface area contributed by atoms with E-state index in [9.17, 15) is 9.59 Å². The van der Waals surface area contributed by atoms with Crippen LogP contribution in [0.3, 0.4) is 0 Å². The number of esters is 1. The molecule has 0 aliphatic carbocycles. The summed E-state index contributed by atoms with van der Waals surface area (Å²) < 4.78 is 10.1. The lowest BCUT2D eigenvalue weighted by Crippen LogP contribution is -2.21. The van der Waals surface area contributed by atoms with Gasteiger partial charge in [0.2, 0.25) is 5.88 Å². The molecule has 0 aliphatic rings. The Morgan fingerprint density at radius 3 is 2.58 bits per heavy atom. The van der Waals surface area contributed by atoms with E-state index in [-0.39, 0.29) is 11.3 Å². The quantitative estimate of drug-likeness (QED) is 0.818. The molecule has 1 aromatic heterocycles. The van der Waals surface area contributed by atoms with Crippen molar-refractivity contribution in [2.45, 2.75) is 26.2 Å². The molecule has 1 amide bonds. The zero-order valence-electron chi connectivity index (χ0n) is 14.2. The molecule has 0 unspecified atom stereocenters. The van der Waals surface area contributed by atoms with Crippen molar-refractivity contribution >= 4 is 23.4 Å². The third kappa shape index (κ3) is 4.34. The molecule has 2 rings (SSSR count). The number of hydrogen-bond donors (Lipinski definition) is 2. The number of rotatable bonds is 5. The maximum atomic E-state index is 12.0. The average Bonchev–Trinajstić information content (AvgIpc) is 3.01. The van der Waals surface area contributed by atoms with E-state index in [2.05, 4.69) is 15.8 Å². The molecule has 0 spiro atoms. The largest absolute Gasteiger partial charge is 0.452 e. The number of hydrogen-bond acceptors (Lipinski definition) is 6. The van der Waals surface area contributed by atoms with Crippen molar-refractivity contribution in [3.05, 3.63) is 41.6 Å². The number of carbonyl (C=O) groups excluding carboxylic acids is 2. The highest BCUT2D eigenvalue weighted by atomic mass is 16.5. The minimum absolute atomic E-state index is 0.185. The first-order valence-corrected chi connectivity index (χ1v) is 7.52. The van der Waals surface area contributed by atoms with E-state index in [1.54, 1.807) is 37.4 Å². The van der Waals surface area contributed by atoms with Crippen LogP contribution in [0.5, 0.6) is 0 Å². The van der Waals surface area contributed by atoms with Gasteiger partial charge in [-0.25, -0.2) is 4.79 Å². The molecule has 0 atom stereocenters. The Labute approximate surface area is 140 Å². The molecular formula is C17H21N3O4. The molecule has 1 heterocycles. The van der Waals surface area contributed by atoms with Gasteiger partial charge in [-0.15, -0.1) is 0 Å². The van der Waals surface area contributed by atoms with Gasteiger partial charge in [-0.05, 0) is 12.1 Å². The van der Waals surface area contributed by atoms with Crippen LogP contribution in [-0.2, 0) is 14.9 Å². The van der Waals surface area contributed by atoms with Crippen LogP contribution in [0.1, 0.15) is 36.8 Å². The van der Waals surface area contributed by atoms with Crippen LogP contribution in [0.15, 0.2) is 34.9 Å². The summed E-state index contributed by atoms with van der Waals surface area (Å²) in [5.74, 6) is -0.860. The molecule has 7 nitrogen and oxygen atoms in total. The van der Waals surface area contributed by atoms with E-state index in [4.69, 9.17) is 9.26 Å². The van der Waals surface area contributed by atoms with Gasteiger partial charge in [0, 0.05) is 24.2 Å².